The SMILES string of the molecule is OC[C@H]1O[C@@H](O[C@H]2[C@H](O)[C@@H](O)[C@H](OCCOCCOCCn3cc(CO[C@@H]4O[C@H](CO)[C@@H](O[C@@H]5O[C@H](CO)[C@H](O)[C@H](O)[C@H]5O)[C@H](O)[C@H]4O)nn3)O[C@@H]2CO)[C@H](O)[C@@H](O)[C@H]1O. The van der Waals surface area contributed by atoms with Gasteiger partial charge in [-0.25, -0.2) is 4.68 Å². The average Bonchev–Trinajstić information content (AvgIpc) is 3.71. The van der Waals surface area contributed by atoms with Gasteiger partial charge in [-0.3, -0.25) is 0 Å². The van der Waals surface area contributed by atoms with E-state index in [2.05, 4.69) is 10.3 Å². The molecule has 27 nitrogen and oxygen atoms in total. The molecule has 20 atom stereocenters. The molecule has 4 fully saturated rings. The number of hydrogen-bond acceptors (Lipinski definition) is 26. The van der Waals surface area contributed by atoms with Crippen molar-refractivity contribution in [1.29, 1.82) is 0 Å². The van der Waals surface area contributed by atoms with Gasteiger partial charge in [0, 0.05) is 0 Å². The van der Waals surface area contributed by atoms with Crippen LogP contribution in [0.4, 0.5) is 0 Å². The lowest BCUT2D eigenvalue weighted by Crippen LogP contribution is -2.64. The number of rotatable bonds is 21. The second-order valence-corrected chi connectivity index (χ2v) is 14.4. The van der Waals surface area contributed by atoms with E-state index in [4.69, 9.17) is 47.4 Å². The standard InChI is InChI=1S/C33H57N3O24/c37-8-14-18(41)20(43)24(47)32(55-14)59-28-16(10-39)57-30(26(49)22(28)45)53-6-5-52-4-3-51-2-1-36-7-13(34-35-36)12-54-31-27(50)23(46)29(17(11-40)58-31)60-33-25(48)21(44)19(42)15(9-38)56-33/h7,14-33,37-50H,1-6,8-12H2/t14-,15-,16-,17-,18+,19+,20+,21+,22-,23-,24-,25-,26-,27-,28-,29-,30-,31-,32+,33+/m1/s1. The van der Waals surface area contributed by atoms with Gasteiger partial charge in [-0.2, -0.15) is 0 Å². The maximum atomic E-state index is 10.8. The van der Waals surface area contributed by atoms with Gasteiger partial charge in [0.2, 0.25) is 0 Å². The minimum atomic E-state index is -1.80. The number of nitrogens with zero attached hydrogens (tertiary/aromatic N) is 3. The number of aliphatic hydroxyl groups is 14. The van der Waals surface area contributed by atoms with Crippen LogP contribution in [0.3, 0.4) is 0 Å². The number of hydrogen-bond donors (Lipinski definition) is 14. The summed E-state index contributed by atoms with van der Waals surface area (Å²) in [5.41, 5.74) is 0.311. The second kappa shape index (κ2) is 23.2. The Hall–Kier alpha value is -1.82. The molecule has 4 saturated heterocycles. The monoisotopic (exact) mass is 879 g/mol. The summed E-state index contributed by atoms with van der Waals surface area (Å²) in [6.07, 6.45) is -30.0. The summed E-state index contributed by atoms with van der Waals surface area (Å²) >= 11 is 0. The molecule has 0 unspecified atom stereocenters. The number of ether oxygens (including phenoxy) is 10. The zero-order valence-corrected chi connectivity index (χ0v) is 32.1. The summed E-state index contributed by atoms with van der Waals surface area (Å²) in [5.74, 6) is 0. The van der Waals surface area contributed by atoms with E-state index in [-0.39, 0.29) is 46.2 Å². The van der Waals surface area contributed by atoms with Gasteiger partial charge in [0.15, 0.2) is 25.2 Å². The Kier molecular flexibility index (Phi) is 19.0. The van der Waals surface area contributed by atoms with Crippen molar-refractivity contribution in [2.75, 3.05) is 59.5 Å². The van der Waals surface area contributed by atoms with Gasteiger partial charge in [-0.15, -0.1) is 5.10 Å². The number of aromatic nitrogens is 3. The van der Waals surface area contributed by atoms with E-state index in [1.54, 1.807) is 0 Å². The predicted molar refractivity (Wildman–Crippen MR) is 185 cm³/mol. The van der Waals surface area contributed by atoms with Gasteiger partial charge in [0.05, 0.1) is 78.8 Å². The average molecular weight is 880 g/mol. The largest absolute Gasteiger partial charge is 0.394 e. The van der Waals surface area contributed by atoms with Crippen LogP contribution in [0.25, 0.3) is 0 Å². The zero-order valence-electron chi connectivity index (χ0n) is 32.1. The normalized spacial score (nSPS) is 42.7. The Morgan fingerprint density at radius 1 is 0.467 bits per heavy atom. The third-order valence-electron chi connectivity index (χ3n) is 10.2. The Morgan fingerprint density at radius 2 is 0.883 bits per heavy atom. The molecule has 348 valence electrons. The highest BCUT2D eigenvalue weighted by Crippen LogP contribution is 2.31. The third kappa shape index (κ3) is 11.8. The van der Waals surface area contributed by atoms with Crippen molar-refractivity contribution in [3.05, 3.63) is 11.9 Å². The fourth-order valence-electron chi connectivity index (χ4n) is 6.77. The molecule has 0 saturated carbocycles. The highest BCUT2D eigenvalue weighted by Gasteiger charge is 2.52. The van der Waals surface area contributed by atoms with Crippen molar-refractivity contribution in [2.45, 2.75) is 136 Å². The van der Waals surface area contributed by atoms with Gasteiger partial charge in [0.25, 0.3) is 0 Å². The van der Waals surface area contributed by atoms with E-state index in [1.165, 1.54) is 10.9 Å². The van der Waals surface area contributed by atoms with Crippen molar-refractivity contribution in [1.82, 2.24) is 15.0 Å². The molecule has 0 aliphatic carbocycles. The van der Waals surface area contributed by atoms with E-state index in [1.807, 2.05) is 0 Å². The molecular formula is C33H57N3O24. The van der Waals surface area contributed by atoms with Gasteiger partial charge in [0.1, 0.15) is 103 Å². The van der Waals surface area contributed by atoms with E-state index in [9.17, 15) is 71.5 Å². The van der Waals surface area contributed by atoms with Crippen molar-refractivity contribution in [3.63, 3.8) is 0 Å². The summed E-state index contributed by atoms with van der Waals surface area (Å²) in [4.78, 5) is 0. The van der Waals surface area contributed by atoms with Crippen LogP contribution in [0.15, 0.2) is 6.20 Å². The maximum absolute atomic E-state index is 10.8. The molecule has 14 N–H and O–H groups in total. The van der Waals surface area contributed by atoms with Gasteiger partial charge >= 0.3 is 0 Å². The van der Waals surface area contributed by atoms with Crippen molar-refractivity contribution < 1.29 is 119 Å². The van der Waals surface area contributed by atoms with Crippen molar-refractivity contribution in [2.24, 2.45) is 0 Å². The fourth-order valence-corrected chi connectivity index (χ4v) is 6.77. The highest BCUT2D eigenvalue weighted by atomic mass is 16.8. The molecule has 60 heavy (non-hydrogen) atoms. The van der Waals surface area contributed by atoms with Crippen LogP contribution in [0, 0.1) is 0 Å². The summed E-state index contributed by atoms with van der Waals surface area (Å²) in [5, 5.41) is 150. The van der Waals surface area contributed by atoms with E-state index in [0.717, 1.165) is 0 Å². The first-order chi connectivity index (χ1) is 28.7. The van der Waals surface area contributed by atoms with Crippen molar-refractivity contribution >= 4 is 0 Å². The lowest BCUT2D eigenvalue weighted by atomic mass is 9.97. The smallest absolute Gasteiger partial charge is 0.187 e. The molecule has 0 amide bonds. The molecule has 5 rings (SSSR count). The lowest BCUT2D eigenvalue weighted by Gasteiger charge is -2.45. The minimum absolute atomic E-state index is 0.0223. The lowest BCUT2D eigenvalue weighted by molar-refractivity contribution is -0.360. The second-order valence-electron chi connectivity index (χ2n) is 14.4. The Labute approximate surface area is 341 Å². The molecular weight excluding hydrogens is 822 g/mol. The van der Waals surface area contributed by atoms with Crippen LogP contribution in [-0.2, 0) is 60.5 Å². The molecule has 0 bridgehead atoms. The molecule has 0 aromatic carbocycles. The van der Waals surface area contributed by atoms with Crippen LogP contribution in [-0.4, -0.2) is 269 Å². The molecule has 0 spiro atoms. The first kappa shape index (κ1) is 49.2. The van der Waals surface area contributed by atoms with Crippen LogP contribution >= 0.6 is 0 Å². The fraction of sp³-hybridized carbons (Fsp3) is 0.939. The topological polar surface area (TPSA) is 406 Å². The molecule has 27 heteroatoms. The summed E-state index contributed by atoms with van der Waals surface area (Å²) in [6, 6.07) is 0. The van der Waals surface area contributed by atoms with E-state index >= 15 is 0 Å². The third-order valence-corrected chi connectivity index (χ3v) is 10.2. The van der Waals surface area contributed by atoms with Gasteiger partial charge in [-0.1, -0.05) is 5.21 Å². The van der Waals surface area contributed by atoms with Crippen LogP contribution < -0.4 is 0 Å². The van der Waals surface area contributed by atoms with Gasteiger partial charge < -0.3 is 119 Å². The first-order valence-electron chi connectivity index (χ1n) is 19.2. The summed E-state index contributed by atoms with van der Waals surface area (Å²) in [7, 11) is 0. The zero-order chi connectivity index (χ0) is 43.7. The molecule has 1 aromatic heterocycles. The van der Waals surface area contributed by atoms with E-state index < -0.39 is 149 Å². The number of aliphatic hydroxyl groups excluding tert-OH is 14. The predicted octanol–water partition coefficient (Wildman–Crippen LogP) is -9.91. The van der Waals surface area contributed by atoms with Crippen LogP contribution in [0.2, 0.25) is 0 Å². The molecule has 4 aliphatic heterocycles. The Balaban J connectivity index is 0.949. The molecule has 0 radical (unpaired) electrons. The summed E-state index contributed by atoms with van der Waals surface area (Å²) < 4.78 is 56.2. The minimum Gasteiger partial charge on any atom is -0.394 e. The van der Waals surface area contributed by atoms with Gasteiger partial charge in [-0.05, 0) is 0 Å². The molecule has 4 aliphatic rings. The Bertz CT molecular complexity index is 1380. The van der Waals surface area contributed by atoms with Crippen molar-refractivity contribution in [3.8, 4) is 0 Å². The highest BCUT2D eigenvalue weighted by molar-refractivity contribution is 4.96. The van der Waals surface area contributed by atoms with Crippen LogP contribution in [0.5, 0.6) is 0 Å². The molecule has 1 aromatic rings. The maximum Gasteiger partial charge on any atom is 0.187 e. The Morgan fingerprint density at radius 3 is 1.37 bits per heavy atom. The first-order valence-corrected chi connectivity index (χ1v) is 19.2. The van der Waals surface area contributed by atoms with E-state index in [0.29, 0.717) is 5.69 Å². The summed E-state index contributed by atoms with van der Waals surface area (Å²) in [6.45, 7) is -2.42. The quantitative estimate of drug-likeness (QED) is 0.0510. The van der Waals surface area contributed by atoms with Crippen LogP contribution in [0.1, 0.15) is 5.69 Å². The molecule has 5 heterocycles.